The monoisotopic (exact) mass is 388 g/mol. The molecule has 1 fully saturated rings. The molecule has 1 aromatic heterocycles. The van der Waals surface area contributed by atoms with Gasteiger partial charge >= 0.3 is 0 Å². The molecule has 29 heavy (non-hydrogen) atoms. The topological polar surface area (TPSA) is 46.5 Å². The summed E-state index contributed by atoms with van der Waals surface area (Å²) in [6.07, 6.45) is 0. The van der Waals surface area contributed by atoms with Crippen LogP contribution in [0.1, 0.15) is 12.6 Å². The maximum Gasteiger partial charge on any atom is 0.263 e. The Hall–Kier alpha value is -2.57. The Bertz CT molecular complexity index is 1060. The molecule has 0 saturated carbocycles. The van der Waals surface area contributed by atoms with Gasteiger partial charge in [-0.15, -0.1) is 0 Å². The first-order valence-corrected chi connectivity index (χ1v) is 10.3. The van der Waals surface area contributed by atoms with Crippen LogP contribution in [-0.4, -0.2) is 49.5 Å². The lowest BCUT2D eigenvalue weighted by molar-refractivity contribution is 0.229. The third kappa shape index (κ3) is 4.09. The average Bonchev–Trinajstić information content (AvgIpc) is 2.75. The first-order valence-electron chi connectivity index (χ1n) is 10.3. The van der Waals surface area contributed by atoms with E-state index in [-0.39, 0.29) is 5.56 Å². The minimum atomic E-state index is 0.00226. The van der Waals surface area contributed by atoms with Crippen molar-refractivity contribution in [1.82, 2.24) is 14.8 Å². The van der Waals surface area contributed by atoms with Crippen molar-refractivity contribution in [2.24, 2.45) is 0 Å². The number of aromatic nitrogens is 1. The predicted molar refractivity (Wildman–Crippen MR) is 120 cm³/mol. The summed E-state index contributed by atoms with van der Waals surface area (Å²) in [6, 6.07) is 16.0. The van der Waals surface area contributed by atoms with Crippen molar-refractivity contribution in [1.29, 1.82) is 0 Å². The highest BCUT2D eigenvalue weighted by Gasteiger charge is 2.18. The van der Waals surface area contributed by atoms with Crippen LogP contribution in [0.25, 0.3) is 16.5 Å². The molecule has 0 amide bonds. The molecule has 1 radical (unpaired) electrons. The molecule has 0 bridgehead atoms. The van der Waals surface area contributed by atoms with Crippen molar-refractivity contribution >= 4 is 23.5 Å². The van der Waals surface area contributed by atoms with Gasteiger partial charge in [-0.1, -0.05) is 36.6 Å². The Morgan fingerprint density at radius 3 is 2.66 bits per heavy atom. The fraction of sp³-hybridized carbons (Fsp3) is 0.348. The molecular formula is C23H27BN3O2. The number of pyridine rings is 1. The number of rotatable bonds is 6. The second kappa shape index (κ2) is 8.85. The molecule has 0 spiro atoms. The number of hydrogen-bond acceptors (Lipinski definition) is 4. The molecule has 1 N–H and O–H groups in total. The fourth-order valence-electron chi connectivity index (χ4n) is 3.96. The van der Waals surface area contributed by atoms with Crippen LogP contribution in [0.5, 0.6) is 5.75 Å². The molecule has 2 heterocycles. The number of nitrogens with zero attached hydrogens (tertiary/aromatic N) is 2. The van der Waals surface area contributed by atoms with E-state index in [4.69, 9.17) is 4.74 Å². The van der Waals surface area contributed by atoms with Gasteiger partial charge < -0.3 is 10.1 Å². The van der Waals surface area contributed by atoms with E-state index in [1.54, 1.807) is 0 Å². The molecule has 0 aliphatic carbocycles. The Morgan fingerprint density at radius 1 is 1.10 bits per heavy atom. The van der Waals surface area contributed by atoms with Gasteiger partial charge in [0, 0.05) is 43.8 Å². The maximum atomic E-state index is 13.6. The van der Waals surface area contributed by atoms with Crippen molar-refractivity contribution in [2.75, 3.05) is 32.8 Å². The zero-order chi connectivity index (χ0) is 20.2. The summed E-state index contributed by atoms with van der Waals surface area (Å²) in [7, 11) is 2.04. The van der Waals surface area contributed by atoms with Crippen molar-refractivity contribution < 1.29 is 4.74 Å². The molecule has 4 rings (SSSR count). The zero-order valence-electron chi connectivity index (χ0n) is 17.1. The molecule has 0 atom stereocenters. The van der Waals surface area contributed by atoms with Crippen molar-refractivity contribution in [3.05, 3.63) is 64.6 Å². The molecule has 3 aromatic rings. The van der Waals surface area contributed by atoms with E-state index in [9.17, 15) is 4.79 Å². The van der Waals surface area contributed by atoms with E-state index in [1.807, 2.05) is 68.1 Å². The van der Waals surface area contributed by atoms with Crippen LogP contribution >= 0.6 is 0 Å². The average molecular weight is 388 g/mol. The van der Waals surface area contributed by atoms with Gasteiger partial charge in [0.15, 0.2) is 0 Å². The SMILES string of the molecule is C[B]c1ccc(OCC)c(-n2c(CN3CCNCC3)cc3ccccc3c2=O)c1. The normalized spacial score (nSPS) is 14.8. The highest BCUT2D eigenvalue weighted by Crippen LogP contribution is 2.25. The number of benzene rings is 2. The molecule has 149 valence electrons. The molecule has 5 nitrogen and oxygen atoms in total. The summed E-state index contributed by atoms with van der Waals surface area (Å²) in [4.78, 5) is 16.0. The van der Waals surface area contributed by atoms with Crippen LogP contribution in [0.4, 0.5) is 0 Å². The van der Waals surface area contributed by atoms with Crippen LogP contribution in [0.3, 0.4) is 0 Å². The number of fused-ring (bicyclic) bond motifs is 1. The van der Waals surface area contributed by atoms with Gasteiger partial charge in [-0.25, -0.2) is 0 Å². The lowest BCUT2D eigenvalue weighted by Crippen LogP contribution is -2.43. The fourth-order valence-corrected chi connectivity index (χ4v) is 3.96. The maximum absolute atomic E-state index is 13.6. The van der Waals surface area contributed by atoms with Gasteiger partial charge in [-0.05, 0) is 36.6 Å². The van der Waals surface area contributed by atoms with Gasteiger partial charge in [0.05, 0.1) is 12.3 Å². The van der Waals surface area contributed by atoms with E-state index in [1.165, 1.54) is 0 Å². The third-order valence-corrected chi connectivity index (χ3v) is 5.46. The summed E-state index contributed by atoms with van der Waals surface area (Å²) in [5.41, 5.74) is 2.87. The van der Waals surface area contributed by atoms with Gasteiger partial charge in [0.2, 0.25) is 0 Å². The minimum absolute atomic E-state index is 0.00226. The van der Waals surface area contributed by atoms with E-state index < -0.39 is 0 Å². The number of piperazine rings is 1. The molecule has 2 aromatic carbocycles. The second-order valence-electron chi connectivity index (χ2n) is 7.34. The minimum Gasteiger partial charge on any atom is -0.492 e. The van der Waals surface area contributed by atoms with Crippen molar-refractivity contribution in [3.8, 4) is 11.4 Å². The van der Waals surface area contributed by atoms with Gasteiger partial charge in [-0.3, -0.25) is 14.3 Å². The predicted octanol–water partition coefficient (Wildman–Crippen LogP) is 2.17. The van der Waals surface area contributed by atoms with Crippen LogP contribution in [0, 0.1) is 0 Å². The van der Waals surface area contributed by atoms with Gasteiger partial charge in [-0.2, -0.15) is 0 Å². The molecule has 1 saturated heterocycles. The zero-order valence-corrected chi connectivity index (χ0v) is 17.1. The molecular weight excluding hydrogens is 361 g/mol. The molecule has 6 heteroatoms. The van der Waals surface area contributed by atoms with E-state index in [0.29, 0.717) is 6.61 Å². The highest BCUT2D eigenvalue weighted by atomic mass is 16.5. The Labute approximate surface area is 172 Å². The second-order valence-corrected chi connectivity index (χ2v) is 7.34. The Morgan fingerprint density at radius 2 is 1.90 bits per heavy atom. The third-order valence-electron chi connectivity index (χ3n) is 5.46. The summed E-state index contributed by atoms with van der Waals surface area (Å²) in [5, 5.41) is 5.10. The van der Waals surface area contributed by atoms with Crippen LogP contribution in [-0.2, 0) is 6.54 Å². The first kappa shape index (κ1) is 19.7. The van der Waals surface area contributed by atoms with Gasteiger partial charge in [0.1, 0.15) is 13.0 Å². The lowest BCUT2D eigenvalue weighted by Gasteiger charge is -2.28. The van der Waals surface area contributed by atoms with Crippen LogP contribution in [0.15, 0.2) is 53.3 Å². The summed E-state index contributed by atoms with van der Waals surface area (Å²) >= 11 is 0. The highest BCUT2D eigenvalue weighted by molar-refractivity contribution is 6.52. The van der Waals surface area contributed by atoms with E-state index in [2.05, 4.69) is 16.3 Å². The number of ether oxygens (including phenoxy) is 1. The first-order chi connectivity index (χ1) is 14.2. The van der Waals surface area contributed by atoms with E-state index >= 15 is 0 Å². The van der Waals surface area contributed by atoms with Crippen molar-refractivity contribution in [3.63, 3.8) is 0 Å². The molecule has 1 aliphatic heterocycles. The van der Waals surface area contributed by atoms with Crippen LogP contribution in [0.2, 0.25) is 6.82 Å². The standard InChI is InChI=1S/C23H27BN3O2/c1-3-29-22-9-8-18(24-2)15-21(22)27-19(16-26-12-10-25-11-13-26)14-17-6-4-5-7-20(17)23(27)28/h4-9,14-15,25H,3,10-13,16H2,1-2H3. The summed E-state index contributed by atoms with van der Waals surface area (Å²) in [6.45, 7) is 9.15. The molecule has 1 aliphatic rings. The van der Waals surface area contributed by atoms with Crippen molar-refractivity contribution in [2.45, 2.75) is 20.3 Å². The number of nitrogens with one attached hydrogen (secondary N) is 1. The van der Waals surface area contributed by atoms with Gasteiger partial charge in [0.25, 0.3) is 5.56 Å². The molecule has 0 unspecified atom stereocenters. The Balaban J connectivity index is 1.93. The number of hydrogen-bond donors (Lipinski definition) is 1. The van der Waals surface area contributed by atoms with Crippen LogP contribution < -0.4 is 21.1 Å². The quantitative estimate of drug-likeness (QED) is 0.658. The largest absolute Gasteiger partial charge is 0.492 e. The lowest BCUT2D eigenvalue weighted by atomic mass is 9.73. The summed E-state index contributed by atoms with van der Waals surface area (Å²) < 4.78 is 7.76. The smallest absolute Gasteiger partial charge is 0.263 e. The Kier molecular flexibility index (Phi) is 6.02. The summed E-state index contributed by atoms with van der Waals surface area (Å²) in [5.74, 6) is 0.733. The van der Waals surface area contributed by atoms with E-state index in [0.717, 1.165) is 66.1 Å².